The molecule has 3 aromatic rings. The third kappa shape index (κ3) is 5.23. The Morgan fingerprint density at radius 1 is 0.767 bits per heavy atom. The van der Waals surface area contributed by atoms with Gasteiger partial charge in [0.1, 0.15) is 0 Å². The fraction of sp³-hybridized carbons (Fsp3) is 0.472. The van der Waals surface area contributed by atoms with Gasteiger partial charge in [0.05, 0.1) is 23.0 Å². The fourth-order valence-electron chi connectivity index (χ4n) is 7.60. The lowest BCUT2D eigenvalue weighted by Crippen LogP contribution is -2.63. The van der Waals surface area contributed by atoms with E-state index in [-0.39, 0.29) is 41.5 Å². The summed E-state index contributed by atoms with van der Waals surface area (Å²) in [7, 11) is -3.99. The van der Waals surface area contributed by atoms with Gasteiger partial charge in [-0.15, -0.1) is 0 Å². The monoisotopic (exact) mass is 599 g/mol. The molecule has 6 nitrogen and oxygen atoms in total. The maximum absolute atomic E-state index is 14.8. The maximum atomic E-state index is 14.8. The lowest BCUT2D eigenvalue weighted by atomic mass is 9.59. The van der Waals surface area contributed by atoms with Crippen molar-refractivity contribution in [2.24, 2.45) is 0 Å². The van der Waals surface area contributed by atoms with Gasteiger partial charge in [-0.3, -0.25) is 4.79 Å². The molecular formula is C36H45N3O3S. The van der Waals surface area contributed by atoms with E-state index in [1.54, 1.807) is 0 Å². The lowest BCUT2D eigenvalue weighted by molar-refractivity contribution is -0.123. The van der Waals surface area contributed by atoms with E-state index in [1.165, 1.54) is 11.1 Å². The van der Waals surface area contributed by atoms with Crippen LogP contribution in [0.3, 0.4) is 0 Å². The Morgan fingerprint density at radius 3 is 1.67 bits per heavy atom. The molecule has 3 aliphatic carbocycles. The fourth-order valence-corrected chi connectivity index (χ4v) is 9.57. The molecule has 228 valence electrons. The van der Waals surface area contributed by atoms with Crippen LogP contribution in [0.25, 0.3) is 0 Å². The van der Waals surface area contributed by atoms with Crippen molar-refractivity contribution in [3.05, 3.63) is 99.6 Å². The molecule has 1 saturated heterocycles. The standard InChI is InChI=1S/C36H45N3O3S/c1-20(2)23-18-28(21(3)4)35(29(19-23)22(5)6)43(41,42)39-34-32-26-14-9-7-12-24(26)31(25-13-8-10-15-27(25)32)33(34)38-36(40)30-16-11-17-37-30/h7-10,12-15,18-22,30-34,37,39H,11,16-17H2,1-6H3,(H,38,40)/t30-,31?,32?,33+,34+/m0/s1. The molecule has 0 unspecified atom stereocenters. The highest BCUT2D eigenvalue weighted by Gasteiger charge is 2.52. The van der Waals surface area contributed by atoms with Crippen molar-refractivity contribution in [3.63, 3.8) is 0 Å². The van der Waals surface area contributed by atoms with Gasteiger partial charge in [-0.2, -0.15) is 0 Å². The number of fused-ring (bicyclic) bond motifs is 1. The molecule has 3 atom stereocenters. The Balaban J connectivity index is 1.50. The summed E-state index contributed by atoms with van der Waals surface area (Å²) in [6, 6.07) is 19.6. The summed E-state index contributed by atoms with van der Waals surface area (Å²) < 4.78 is 32.8. The predicted molar refractivity (Wildman–Crippen MR) is 172 cm³/mol. The van der Waals surface area contributed by atoms with Crippen molar-refractivity contribution in [2.45, 2.75) is 107 Å². The lowest BCUT2D eigenvalue weighted by Gasteiger charge is -2.51. The zero-order valence-electron chi connectivity index (χ0n) is 26.1. The van der Waals surface area contributed by atoms with Crippen molar-refractivity contribution in [3.8, 4) is 0 Å². The molecule has 1 amide bonds. The van der Waals surface area contributed by atoms with Gasteiger partial charge in [-0.1, -0.05) is 102 Å². The minimum atomic E-state index is -3.99. The van der Waals surface area contributed by atoms with Crippen LogP contribution < -0.4 is 15.4 Å². The van der Waals surface area contributed by atoms with Crippen LogP contribution in [0.2, 0.25) is 0 Å². The number of benzene rings is 3. The van der Waals surface area contributed by atoms with E-state index in [4.69, 9.17) is 0 Å². The molecule has 1 heterocycles. The molecule has 7 rings (SSSR count). The summed E-state index contributed by atoms with van der Waals surface area (Å²) >= 11 is 0. The van der Waals surface area contributed by atoms with Gasteiger partial charge in [-0.05, 0) is 76.1 Å². The van der Waals surface area contributed by atoms with Crippen LogP contribution in [0.15, 0.2) is 65.6 Å². The Kier molecular flexibility index (Phi) is 8.03. The second-order valence-electron chi connectivity index (χ2n) is 13.5. The first-order valence-corrected chi connectivity index (χ1v) is 17.4. The summed E-state index contributed by atoms with van der Waals surface area (Å²) in [5, 5.41) is 6.69. The molecule has 1 aliphatic heterocycles. The minimum Gasteiger partial charge on any atom is -0.349 e. The minimum absolute atomic E-state index is 0.0241. The van der Waals surface area contributed by atoms with Crippen LogP contribution in [0.4, 0.5) is 0 Å². The van der Waals surface area contributed by atoms with E-state index in [0.29, 0.717) is 4.90 Å². The van der Waals surface area contributed by atoms with Crippen molar-refractivity contribution in [1.82, 2.24) is 15.4 Å². The topological polar surface area (TPSA) is 87.3 Å². The molecule has 0 radical (unpaired) electrons. The Labute approximate surface area is 257 Å². The van der Waals surface area contributed by atoms with E-state index >= 15 is 0 Å². The normalized spacial score (nSPS) is 24.4. The van der Waals surface area contributed by atoms with Crippen LogP contribution in [0, 0.1) is 0 Å². The van der Waals surface area contributed by atoms with Crippen molar-refractivity contribution < 1.29 is 13.2 Å². The highest BCUT2D eigenvalue weighted by atomic mass is 32.2. The Bertz CT molecular complexity index is 1560. The SMILES string of the molecule is CC(C)c1cc(C(C)C)c(S(=O)(=O)N[C@@H]2C3c4ccccc4C(c4ccccc43)[C@H]2NC(=O)[C@@H]2CCCN2)c(C(C)C)c1. The number of amides is 1. The predicted octanol–water partition coefficient (Wildman–Crippen LogP) is 6.23. The number of rotatable bonds is 8. The van der Waals surface area contributed by atoms with Gasteiger partial charge in [0.25, 0.3) is 0 Å². The second kappa shape index (κ2) is 11.5. The van der Waals surface area contributed by atoms with Gasteiger partial charge in [0.2, 0.25) is 15.9 Å². The summed E-state index contributed by atoms with van der Waals surface area (Å²) in [6.07, 6.45) is 1.74. The van der Waals surface area contributed by atoms with Crippen LogP contribution in [0.5, 0.6) is 0 Å². The van der Waals surface area contributed by atoms with E-state index < -0.39 is 22.1 Å². The molecular weight excluding hydrogens is 554 g/mol. The third-order valence-corrected chi connectivity index (χ3v) is 11.4. The van der Waals surface area contributed by atoms with Crippen molar-refractivity contribution in [1.29, 1.82) is 0 Å². The molecule has 7 heteroatoms. The first kappa shape index (κ1) is 30.0. The summed E-state index contributed by atoms with van der Waals surface area (Å²) in [5.41, 5.74) is 7.44. The Hall–Kier alpha value is -3.00. The summed E-state index contributed by atoms with van der Waals surface area (Å²) in [5.74, 6) is -0.111. The molecule has 43 heavy (non-hydrogen) atoms. The molecule has 3 aromatic carbocycles. The number of hydrogen-bond donors (Lipinski definition) is 3. The van der Waals surface area contributed by atoms with E-state index in [2.05, 4.69) is 93.3 Å². The van der Waals surface area contributed by atoms with Crippen molar-refractivity contribution in [2.75, 3.05) is 6.54 Å². The van der Waals surface area contributed by atoms with Gasteiger partial charge in [0, 0.05) is 11.8 Å². The number of nitrogens with one attached hydrogen (secondary N) is 3. The molecule has 4 aliphatic rings. The van der Waals surface area contributed by atoms with Gasteiger partial charge >= 0.3 is 0 Å². The number of carbonyl (C=O) groups is 1. The van der Waals surface area contributed by atoms with Gasteiger partial charge in [0.15, 0.2) is 0 Å². The smallest absolute Gasteiger partial charge is 0.241 e. The zero-order valence-corrected chi connectivity index (χ0v) is 27.0. The molecule has 2 bridgehead atoms. The molecule has 1 fully saturated rings. The van der Waals surface area contributed by atoms with E-state index in [9.17, 15) is 13.2 Å². The quantitative estimate of drug-likeness (QED) is 0.287. The number of hydrogen-bond acceptors (Lipinski definition) is 4. The van der Waals surface area contributed by atoms with Gasteiger partial charge in [-0.25, -0.2) is 13.1 Å². The average molecular weight is 600 g/mol. The summed E-state index contributed by atoms with van der Waals surface area (Å²) in [6.45, 7) is 13.4. The summed E-state index contributed by atoms with van der Waals surface area (Å²) in [4.78, 5) is 14.0. The van der Waals surface area contributed by atoms with E-state index in [0.717, 1.165) is 47.2 Å². The largest absolute Gasteiger partial charge is 0.349 e. The highest BCUT2D eigenvalue weighted by molar-refractivity contribution is 7.89. The molecule has 3 N–H and O–H groups in total. The third-order valence-electron chi connectivity index (χ3n) is 9.76. The molecule has 0 spiro atoms. The Morgan fingerprint density at radius 2 is 1.26 bits per heavy atom. The molecule has 0 saturated carbocycles. The molecule has 0 aromatic heterocycles. The maximum Gasteiger partial charge on any atom is 0.241 e. The highest BCUT2D eigenvalue weighted by Crippen LogP contribution is 2.53. The first-order chi connectivity index (χ1) is 20.5. The van der Waals surface area contributed by atoms with Crippen LogP contribution in [-0.2, 0) is 14.8 Å². The average Bonchev–Trinajstić information content (AvgIpc) is 3.52. The second-order valence-corrected chi connectivity index (χ2v) is 15.2. The first-order valence-electron chi connectivity index (χ1n) is 15.9. The number of carbonyl (C=O) groups excluding carboxylic acids is 1. The van der Waals surface area contributed by atoms with Crippen molar-refractivity contribution >= 4 is 15.9 Å². The van der Waals surface area contributed by atoms with Gasteiger partial charge < -0.3 is 10.6 Å². The van der Waals surface area contributed by atoms with Crippen LogP contribution >= 0.6 is 0 Å². The van der Waals surface area contributed by atoms with Crippen LogP contribution in [-0.4, -0.2) is 39.0 Å². The van der Waals surface area contributed by atoms with Crippen LogP contribution in [0.1, 0.15) is 123 Å². The zero-order chi connectivity index (χ0) is 30.6. The van der Waals surface area contributed by atoms with E-state index in [1.807, 2.05) is 24.3 Å². The number of sulfonamides is 1.